The zero-order valence-electron chi connectivity index (χ0n) is 7.16. The second kappa shape index (κ2) is 7.91. The first-order chi connectivity index (χ1) is 5.54. The predicted octanol–water partition coefficient (Wildman–Crippen LogP) is -1.34. The number of guanidine groups is 1. The van der Waals surface area contributed by atoms with E-state index in [-0.39, 0.29) is 24.5 Å². The van der Waals surface area contributed by atoms with Crippen molar-refractivity contribution in [3.8, 4) is 0 Å². The largest absolute Gasteiger partial charge is 0.480 e. The molecule has 1 unspecified atom stereocenters. The molecular weight excluding hydrogens is 211 g/mol. The first-order valence-corrected chi connectivity index (χ1v) is 3.60. The molecule has 75 valence electrons. The van der Waals surface area contributed by atoms with Crippen molar-refractivity contribution in [3.05, 3.63) is 0 Å². The summed E-state index contributed by atoms with van der Waals surface area (Å²) in [6, 6.07) is -0.821. The Morgan fingerprint density at radius 2 is 2.15 bits per heavy atom. The van der Waals surface area contributed by atoms with Crippen LogP contribution >= 0.6 is 0 Å². The van der Waals surface area contributed by atoms with Crippen LogP contribution < -0.4 is 16.8 Å². The van der Waals surface area contributed by atoms with E-state index in [4.69, 9.17) is 22.0 Å². The van der Waals surface area contributed by atoms with E-state index in [1.165, 1.54) is 0 Å². The number of rotatable bonds is 5. The Bertz CT molecular complexity index is 176. The SMILES string of the molecule is N=C(N)NCCCC(N)C(=O)O.[V]. The fraction of sp³-hybridized carbons (Fsp3) is 0.667. The minimum absolute atomic E-state index is 0. The first-order valence-electron chi connectivity index (χ1n) is 3.60. The number of nitrogens with two attached hydrogens (primary N) is 2. The van der Waals surface area contributed by atoms with E-state index < -0.39 is 12.0 Å². The monoisotopic (exact) mass is 225 g/mol. The Hall–Kier alpha value is -0.716. The van der Waals surface area contributed by atoms with Crippen LogP contribution in [0.15, 0.2) is 0 Å². The van der Waals surface area contributed by atoms with Gasteiger partial charge in [-0.05, 0) is 12.8 Å². The van der Waals surface area contributed by atoms with Crippen molar-refractivity contribution in [2.45, 2.75) is 18.9 Å². The van der Waals surface area contributed by atoms with Crippen LogP contribution in [0.4, 0.5) is 0 Å². The maximum absolute atomic E-state index is 10.2. The van der Waals surface area contributed by atoms with Crippen LogP contribution in [0.2, 0.25) is 0 Å². The van der Waals surface area contributed by atoms with Gasteiger partial charge in [0.2, 0.25) is 0 Å². The molecule has 0 aromatic heterocycles. The van der Waals surface area contributed by atoms with Crippen molar-refractivity contribution < 1.29 is 28.5 Å². The van der Waals surface area contributed by atoms with Crippen LogP contribution in [-0.4, -0.2) is 29.6 Å². The quantitative estimate of drug-likeness (QED) is 0.225. The minimum atomic E-state index is -1.00. The van der Waals surface area contributed by atoms with Gasteiger partial charge in [-0.25, -0.2) is 0 Å². The van der Waals surface area contributed by atoms with Gasteiger partial charge >= 0.3 is 5.97 Å². The third kappa shape index (κ3) is 9.20. The molecule has 0 aliphatic rings. The van der Waals surface area contributed by atoms with Gasteiger partial charge in [0.25, 0.3) is 0 Å². The molecule has 1 atom stereocenters. The molecule has 0 fully saturated rings. The van der Waals surface area contributed by atoms with Crippen molar-refractivity contribution in [3.63, 3.8) is 0 Å². The Morgan fingerprint density at radius 1 is 1.62 bits per heavy atom. The van der Waals surface area contributed by atoms with Crippen molar-refractivity contribution in [2.75, 3.05) is 6.54 Å². The maximum Gasteiger partial charge on any atom is 0.320 e. The number of carbonyl (C=O) groups is 1. The molecule has 0 saturated heterocycles. The Balaban J connectivity index is 0. The Kier molecular flexibility index (Phi) is 9.00. The van der Waals surface area contributed by atoms with Gasteiger partial charge in [0.15, 0.2) is 5.96 Å². The second-order valence-electron chi connectivity index (χ2n) is 2.43. The van der Waals surface area contributed by atoms with Crippen molar-refractivity contribution in [1.82, 2.24) is 5.32 Å². The standard InChI is InChI=1S/C6H14N4O2.V/c7-4(5(11)12)2-1-3-10-6(8)9;/h4H,1-3,7H2,(H,11,12)(H4,8,9,10);. The van der Waals surface area contributed by atoms with Gasteiger partial charge in [0.1, 0.15) is 6.04 Å². The molecule has 0 aromatic carbocycles. The molecule has 0 aromatic rings. The number of carboxylic acids is 1. The minimum Gasteiger partial charge on any atom is -0.480 e. The molecular formula is C6H14N4O2V. The summed E-state index contributed by atoms with van der Waals surface area (Å²) in [5.41, 5.74) is 10.2. The Labute approximate surface area is 88.4 Å². The summed E-state index contributed by atoms with van der Waals surface area (Å²) in [7, 11) is 0. The summed E-state index contributed by atoms with van der Waals surface area (Å²) in [5, 5.41) is 17.7. The molecule has 7 N–H and O–H groups in total. The van der Waals surface area contributed by atoms with Crippen LogP contribution in [0.25, 0.3) is 0 Å². The van der Waals surface area contributed by atoms with E-state index in [0.29, 0.717) is 19.4 Å². The summed E-state index contributed by atoms with van der Waals surface area (Å²) in [5.74, 6) is -1.11. The predicted molar refractivity (Wildman–Crippen MR) is 44.8 cm³/mol. The van der Waals surface area contributed by atoms with Crippen LogP contribution in [0, 0.1) is 5.41 Å². The van der Waals surface area contributed by atoms with Gasteiger partial charge in [-0.1, -0.05) is 0 Å². The summed E-state index contributed by atoms with van der Waals surface area (Å²) in [6.07, 6.45) is 0.975. The Morgan fingerprint density at radius 3 is 2.54 bits per heavy atom. The molecule has 1 radical (unpaired) electrons. The molecule has 7 heteroatoms. The van der Waals surface area contributed by atoms with Crippen LogP contribution in [0.1, 0.15) is 12.8 Å². The molecule has 13 heavy (non-hydrogen) atoms. The number of hydrogen-bond acceptors (Lipinski definition) is 3. The number of aliphatic carboxylic acids is 1. The molecule has 6 nitrogen and oxygen atoms in total. The van der Waals surface area contributed by atoms with E-state index >= 15 is 0 Å². The van der Waals surface area contributed by atoms with Gasteiger partial charge in [-0.2, -0.15) is 0 Å². The molecule has 0 rings (SSSR count). The van der Waals surface area contributed by atoms with Gasteiger partial charge in [0, 0.05) is 25.1 Å². The van der Waals surface area contributed by atoms with Gasteiger partial charge < -0.3 is 21.9 Å². The van der Waals surface area contributed by atoms with Gasteiger partial charge in [-0.15, -0.1) is 0 Å². The average molecular weight is 225 g/mol. The van der Waals surface area contributed by atoms with E-state index in [1.54, 1.807) is 0 Å². The maximum atomic E-state index is 10.2. The van der Waals surface area contributed by atoms with E-state index in [9.17, 15) is 4.79 Å². The van der Waals surface area contributed by atoms with E-state index in [1.807, 2.05) is 0 Å². The zero-order valence-corrected chi connectivity index (χ0v) is 8.55. The zero-order chi connectivity index (χ0) is 9.56. The van der Waals surface area contributed by atoms with Crippen LogP contribution in [-0.2, 0) is 23.4 Å². The summed E-state index contributed by atoms with van der Waals surface area (Å²) in [4.78, 5) is 10.2. The third-order valence-corrected chi connectivity index (χ3v) is 1.32. The number of carboxylic acid groups (broad SMARTS) is 1. The summed E-state index contributed by atoms with van der Waals surface area (Å²) >= 11 is 0. The molecule has 0 spiro atoms. The van der Waals surface area contributed by atoms with Gasteiger partial charge in [0.05, 0.1) is 0 Å². The third-order valence-electron chi connectivity index (χ3n) is 1.32. The number of hydrogen-bond donors (Lipinski definition) is 5. The topological polar surface area (TPSA) is 125 Å². The summed E-state index contributed by atoms with van der Waals surface area (Å²) < 4.78 is 0. The van der Waals surface area contributed by atoms with Crippen LogP contribution in [0.5, 0.6) is 0 Å². The molecule has 0 aliphatic carbocycles. The molecule has 0 heterocycles. The molecule has 0 bridgehead atoms. The van der Waals surface area contributed by atoms with Crippen molar-refractivity contribution in [1.29, 1.82) is 5.41 Å². The molecule has 0 amide bonds. The van der Waals surface area contributed by atoms with Crippen LogP contribution in [0.3, 0.4) is 0 Å². The van der Waals surface area contributed by atoms with Gasteiger partial charge in [-0.3, -0.25) is 10.2 Å². The molecule has 0 saturated carbocycles. The number of nitrogens with one attached hydrogen (secondary N) is 2. The first kappa shape index (κ1) is 14.8. The fourth-order valence-electron chi connectivity index (χ4n) is 0.669. The van der Waals surface area contributed by atoms with Crippen molar-refractivity contribution >= 4 is 11.9 Å². The summed E-state index contributed by atoms with van der Waals surface area (Å²) in [6.45, 7) is 0.482. The smallest absolute Gasteiger partial charge is 0.320 e. The fourth-order valence-corrected chi connectivity index (χ4v) is 0.669. The van der Waals surface area contributed by atoms with Crippen molar-refractivity contribution in [2.24, 2.45) is 11.5 Å². The van der Waals surface area contributed by atoms with E-state index in [2.05, 4.69) is 5.32 Å². The normalized spacial score (nSPS) is 11.2. The van der Waals surface area contributed by atoms with E-state index in [0.717, 1.165) is 0 Å². The second-order valence-corrected chi connectivity index (χ2v) is 2.43. The average Bonchev–Trinajstić information content (AvgIpc) is 1.97. The molecule has 0 aliphatic heterocycles.